The number of piperazine rings is 1. The van der Waals surface area contributed by atoms with Crippen molar-refractivity contribution in [2.24, 2.45) is 0 Å². The Kier molecular flexibility index (Phi) is 6.00. The summed E-state index contributed by atoms with van der Waals surface area (Å²) in [5.74, 6) is -0.101. The molecule has 1 aliphatic rings. The lowest BCUT2D eigenvalue weighted by Gasteiger charge is -2.32. The van der Waals surface area contributed by atoms with Crippen molar-refractivity contribution in [2.45, 2.75) is 6.42 Å². The van der Waals surface area contributed by atoms with Crippen LogP contribution >= 0.6 is 34.5 Å². The van der Waals surface area contributed by atoms with E-state index < -0.39 is 0 Å². The maximum absolute atomic E-state index is 12.4. The van der Waals surface area contributed by atoms with Crippen LogP contribution in [0.2, 0.25) is 10.0 Å². The first-order valence-corrected chi connectivity index (χ1v) is 9.68. The van der Waals surface area contributed by atoms with Crippen molar-refractivity contribution < 1.29 is 4.79 Å². The third-order valence-electron chi connectivity index (χ3n) is 4.33. The Morgan fingerprint density at radius 1 is 1.25 bits per heavy atom. The molecule has 0 atom stereocenters. The molecule has 0 radical (unpaired) electrons. The monoisotopic (exact) mass is 385 g/mol. The highest BCUT2D eigenvalue weighted by Gasteiger charge is 2.17. The molecule has 1 aliphatic heterocycles. The number of carbonyl (C=O) groups is 1. The van der Waals surface area contributed by atoms with Crippen LogP contribution in [0.25, 0.3) is 10.1 Å². The fourth-order valence-corrected chi connectivity index (χ4v) is 4.55. The maximum Gasteiger partial charge on any atom is 0.262 e. The number of thiophene rings is 1. The molecule has 24 heavy (non-hydrogen) atoms. The van der Waals surface area contributed by atoms with Crippen LogP contribution in [0.1, 0.15) is 16.1 Å². The van der Waals surface area contributed by atoms with E-state index in [2.05, 4.69) is 22.2 Å². The van der Waals surface area contributed by atoms with Gasteiger partial charge in [0.05, 0.1) is 5.02 Å². The lowest BCUT2D eigenvalue weighted by molar-refractivity contribution is 0.0953. The minimum atomic E-state index is -0.101. The first-order chi connectivity index (χ1) is 11.5. The van der Waals surface area contributed by atoms with Crippen LogP contribution in [-0.4, -0.2) is 62.0 Å². The average molecular weight is 386 g/mol. The fourth-order valence-electron chi connectivity index (χ4n) is 2.84. The number of nitrogens with one attached hydrogen (secondary N) is 1. The number of hydrogen-bond donors (Lipinski definition) is 1. The number of benzene rings is 1. The normalized spacial score (nSPS) is 16.6. The standard InChI is InChI=1S/C17H21Cl2N3OS/c1-21-7-9-22(10-8-21)6-2-5-20-17(23)16-15(19)13-4-3-12(18)11-14(13)24-16/h3-4,11H,2,5-10H2,1H3,(H,20,23). The zero-order chi connectivity index (χ0) is 17.1. The van der Waals surface area contributed by atoms with Gasteiger partial charge in [-0.05, 0) is 32.1 Å². The summed E-state index contributed by atoms with van der Waals surface area (Å²) in [7, 11) is 2.15. The molecular formula is C17H21Cl2N3OS. The number of amides is 1. The molecule has 0 unspecified atom stereocenters. The molecule has 1 saturated heterocycles. The van der Waals surface area contributed by atoms with E-state index in [0.717, 1.165) is 49.2 Å². The van der Waals surface area contributed by atoms with Gasteiger partial charge in [0.1, 0.15) is 4.88 Å². The highest BCUT2D eigenvalue weighted by atomic mass is 35.5. The van der Waals surface area contributed by atoms with Crippen molar-refractivity contribution in [1.82, 2.24) is 15.1 Å². The Morgan fingerprint density at radius 2 is 2.00 bits per heavy atom. The quantitative estimate of drug-likeness (QED) is 0.798. The third kappa shape index (κ3) is 4.21. The molecule has 0 aliphatic carbocycles. The highest BCUT2D eigenvalue weighted by molar-refractivity contribution is 7.21. The molecule has 0 bridgehead atoms. The van der Waals surface area contributed by atoms with Gasteiger partial charge in [0, 0.05) is 47.8 Å². The molecule has 3 rings (SSSR count). The van der Waals surface area contributed by atoms with Gasteiger partial charge in [-0.1, -0.05) is 29.3 Å². The number of carbonyl (C=O) groups excluding carboxylic acids is 1. The number of hydrogen-bond acceptors (Lipinski definition) is 4. The van der Waals surface area contributed by atoms with E-state index in [1.807, 2.05) is 12.1 Å². The molecule has 4 nitrogen and oxygen atoms in total. The van der Waals surface area contributed by atoms with Crippen molar-refractivity contribution in [2.75, 3.05) is 46.3 Å². The summed E-state index contributed by atoms with van der Waals surface area (Å²) in [6, 6.07) is 5.50. The van der Waals surface area contributed by atoms with Crippen molar-refractivity contribution in [3.8, 4) is 0 Å². The van der Waals surface area contributed by atoms with Gasteiger partial charge in [0.25, 0.3) is 5.91 Å². The van der Waals surface area contributed by atoms with Crippen molar-refractivity contribution in [3.05, 3.63) is 33.1 Å². The van der Waals surface area contributed by atoms with Crippen LogP contribution in [0.5, 0.6) is 0 Å². The summed E-state index contributed by atoms with van der Waals surface area (Å²) < 4.78 is 0.940. The second-order valence-electron chi connectivity index (χ2n) is 6.14. The van der Waals surface area contributed by atoms with Gasteiger partial charge in [-0.25, -0.2) is 0 Å². The number of fused-ring (bicyclic) bond motifs is 1. The van der Waals surface area contributed by atoms with Gasteiger partial charge in [0.15, 0.2) is 0 Å². The smallest absolute Gasteiger partial charge is 0.262 e. The van der Waals surface area contributed by atoms with Crippen LogP contribution in [0.3, 0.4) is 0 Å². The lowest BCUT2D eigenvalue weighted by Crippen LogP contribution is -2.45. The zero-order valence-electron chi connectivity index (χ0n) is 13.6. The summed E-state index contributed by atoms with van der Waals surface area (Å²) in [6.45, 7) is 6.12. The van der Waals surface area contributed by atoms with Crippen molar-refractivity contribution >= 4 is 50.5 Å². The van der Waals surface area contributed by atoms with Crippen LogP contribution < -0.4 is 5.32 Å². The van der Waals surface area contributed by atoms with Crippen LogP contribution in [0, 0.1) is 0 Å². The Balaban J connectivity index is 1.51. The van der Waals surface area contributed by atoms with Gasteiger partial charge in [-0.15, -0.1) is 11.3 Å². The largest absolute Gasteiger partial charge is 0.351 e. The lowest BCUT2D eigenvalue weighted by atomic mass is 10.2. The summed E-state index contributed by atoms with van der Waals surface area (Å²) in [6.07, 6.45) is 0.948. The molecule has 1 aromatic carbocycles. The molecule has 2 aromatic rings. The van der Waals surface area contributed by atoms with E-state index in [0.29, 0.717) is 21.5 Å². The van der Waals surface area contributed by atoms with Gasteiger partial charge < -0.3 is 15.1 Å². The highest BCUT2D eigenvalue weighted by Crippen LogP contribution is 2.36. The van der Waals surface area contributed by atoms with Gasteiger partial charge in [-0.3, -0.25) is 4.79 Å². The van der Waals surface area contributed by atoms with Crippen LogP contribution in [0.4, 0.5) is 0 Å². The van der Waals surface area contributed by atoms with Crippen molar-refractivity contribution in [3.63, 3.8) is 0 Å². The fraction of sp³-hybridized carbons (Fsp3) is 0.471. The molecular weight excluding hydrogens is 365 g/mol. The Hall–Kier alpha value is -0.850. The number of halogens is 2. The minimum absolute atomic E-state index is 0.101. The summed E-state index contributed by atoms with van der Waals surface area (Å²) >= 11 is 13.7. The summed E-state index contributed by atoms with van der Waals surface area (Å²) in [4.78, 5) is 17.7. The van der Waals surface area contributed by atoms with Crippen molar-refractivity contribution in [1.29, 1.82) is 0 Å². The molecule has 2 heterocycles. The zero-order valence-corrected chi connectivity index (χ0v) is 16.0. The van der Waals surface area contributed by atoms with E-state index in [4.69, 9.17) is 23.2 Å². The second-order valence-corrected chi connectivity index (χ2v) is 8.01. The second kappa shape index (κ2) is 8.02. The van der Waals surface area contributed by atoms with Crippen LogP contribution in [0.15, 0.2) is 18.2 Å². The molecule has 7 heteroatoms. The number of rotatable bonds is 5. The SMILES string of the molecule is CN1CCN(CCCNC(=O)c2sc3cc(Cl)ccc3c2Cl)CC1. The predicted octanol–water partition coefficient (Wildman–Crippen LogP) is 3.58. The number of nitrogens with zero attached hydrogens (tertiary/aromatic N) is 2. The molecule has 1 aromatic heterocycles. The summed E-state index contributed by atoms with van der Waals surface area (Å²) in [5, 5.41) is 5.03. The van der Waals surface area contributed by atoms with Gasteiger partial charge in [-0.2, -0.15) is 0 Å². The minimum Gasteiger partial charge on any atom is -0.351 e. The number of likely N-dealkylation sites (N-methyl/N-ethyl adjacent to an activating group) is 1. The molecule has 0 spiro atoms. The van der Waals surface area contributed by atoms with E-state index in [1.165, 1.54) is 11.3 Å². The van der Waals surface area contributed by atoms with E-state index in [1.54, 1.807) is 6.07 Å². The Labute approximate surface area is 156 Å². The van der Waals surface area contributed by atoms with E-state index in [-0.39, 0.29) is 5.91 Å². The van der Waals surface area contributed by atoms with Gasteiger partial charge >= 0.3 is 0 Å². The molecule has 0 saturated carbocycles. The maximum atomic E-state index is 12.4. The molecule has 1 N–H and O–H groups in total. The van der Waals surface area contributed by atoms with E-state index >= 15 is 0 Å². The average Bonchev–Trinajstić information content (AvgIpc) is 2.89. The van der Waals surface area contributed by atoms with Crippen LogP contribution in [-0.2, 0) is 0 Å². The van der Waals surface area contributed by atoms with E-state index in [9.17, 15) is 4.79 Å². The summed E-state index contributed by atoms with van der Waals surface area (Å²) in [5.41, 5.74) is 0. The molecule has 1 amide bonds. The molecule has 130 valence electrons. The van der Waals surface area contributed by atoms with Gasteiger partial charge in [0.2, 0.25) is 0 Å². The first kappa shape index (κ1) is 18.0. The Morgan fingerprint density at radius 3 is 2.75 bits per heavy atom. The first-order valence-electron chi connectivity index (χ1n) is 8.11. The topological polar surface area (TPSA) is 35.6 Å². The predicted molar refractivity (Wildman–Crippen MR) is 103 cm³/mol. The molecule has 1 fully saturated rings. The third-order valence-corrected chi connectivity index (χ3v) is 6.22. The Bertz CT molecular complexity index is 726.